The van der Waals surface area contributed by atoms with Gasteiger partial charge >= 0.3 is 6.03 Å². The predicted octanol–water partition coefficient (Wildman–Crippen LogP) is 2.85. The molecule has 0 radical (unpaired) electrons. The van der Waals surface area contributed by atoms with Crippen LogP contribution in [-0.4, -0.2) is 49.5 Å². The molecular weight excluding hydrogens is 284 g/mol. The summed E-state index contributed by atoms with van der Waals surface area (Å²) in [6, 6.07) is 10.3. The highest BCUT2D eigenvalue weighted by molar-refractivity contribution is 7.99. The number of urea groups is 1. The lowest BCUT2D eigenvalue weighted by molar-refractivity contribution is -0.0978. The second-order valence-electron chi connectivity index (χ2n) is 5.70. The Bertz CT molecular complexity index is 449. The third-order valence-corrected chi connectivity index (χ3v) is 4.60. The molecule has 1 saturated heterocycles. The largest absolute Gasteiger partial charge is 0.380 e. The van der Waals surface area contributed by atoms with Gasteiger partial charge < -0.3 is 15.0 Å². The van der Waals surface area contributed by atoms with Gasteiger partial charge in [0.1, 0.15) is 0 Å². The van der Waals surface area contributed by atoms with Gasteiger partial charge in [-0.15, -0.1) is 11.8 Å². The molecule has 1 aliphatic rings. The standard InChI is InChI=1S/C16H24N2O2S/c1-3-18(9-10-21-14-7-5-4-6-8-14)15(19)17-11-16(2)12-20-13-16/h4-8H,3,9-13H2,1-2H3,(H,17,19). The molecule has 2 rings (SSSR count). The summed E-state index contributed by atoms with van der Waals surface area (Å²) in [4.78, 5) is 15.3. The number of carbonyl (C=O) groups is 1. The van der Waals surface area contributed by atoms with E-state index < -0.39 is 0 Å². The number of thioether (sulfide) groups is 1. The van der Waals surface area contributed by atoms with Gasteiger partial charge in [0.25, 0.3) is 0 Å². The van der Waals surface area contributed by atoms with E-state index >= 15 is 0 Å². The first-order valence-electron chi connectivity index (χ1n) is 7.41. The van der Waals surface area contributed by atoms with Crippen molar-refractivity contribution in [1.29, 1.82) is 0 Å². The summed E-state index contributed by atoms with van der Waals surface area (Å²) in [5.41, 5.74) is 0.119. The monoisotopic (exact) mass is 308 g/mol. The van der Waals surface area contributed by atoms with Crippen molar-refractivity contribution >= 4 is 17.8 Å². The summed E-state index contributed by atoms with van der Waals surface area (Å²) < 4.78 is 5.20. The van der Waals surface area contributed by atoms with Gasteiger partial charge in [-0.05, 0) is 19.1 Å². The van der Waals surface area contributed by atoms with E-state index in [1.165, 1.54) is 4.90 Å². The number of benzene rings is 1. The van der Waals surface area contributed by atoms with E-state index in [2.05, 4.69) is 24.4 Å². The highest BCUT2D eigenvalue weighted by atomic mass is 32.2. The lowest BCUT2D eigenvalue weighted by atomic mass is 9.89. The molecule has 0 aromatic heterocycles. The van der Waals surface area contributed by atoms with E-state index in [4.69, 9.17) is 4.74 Å². The van der Waals surface area contributed by atoms with E-state index in [9.17, 15) is 4.79 Å². The molecule has 0 spiro atoms. The van der Waals surface area contributed by atoms with Gasteiger partial charge in [0.15, 0.2) is 0 Å². The molecule has 116 valence electrons. The average molecular weight is 308 g/mol. The average Bonchev–Trinajstić information content (AvgIpc) is 2.48. The number of hydrogen-bond donors (Lipinski definition) is 1. The number of ether oxygens (including phenoxy) is 1. The van der Waals surface area contributed by atoms with Crippen molar-refractivity contribution < 1.29 is 9.53 Å². The van der Waals surface area contributed by atoms with E-state index in [0.717, 1.165) is 32.1 Å². The maximum absolute atomic E-state index is 12.2. The van der Waals surface area contributed by atoms with Crippen molar-refractivity contribution in [2.24, 2.45) is 5.41 Å². The molecule has 0 bridgehead atoms. The molecule has 1 heterocycles. The Kier molecular flexibility index (Phi) is 5.94. The van der Waals surface area contributed by atoms with E-state index in [0.29, 0.717) is 6.54 Å². The van der Waals surface area contributed by atoms with Gasteiger partial charge in [-0.2, -0.15) is 0 Å². The van der Waals surface area contributed by atoms with Crippen LogP contribution in [0, 0.1) is 5.41 Å². The van der Waals surface area contributed by atoms with Gasteiger partial charge in [0, 0.05) is 35.7 Å². The van der Waals surface area contributed by atoms with Crippen LogP contribution < -0.4 is 5.32 Å². The smallest absolute Gasteiger partial charge is 0.317 e. The van der Waals surface area contributed by atoms with Crippen LogP contribution in [0.2, 0.25) is 0 Å². The number of nitrogens with zero attached hydrogens (tertiary/aromatic N) is 1. The van der Waals surface area contributed by atoms with Crippen molar-refractivity contribution in [1.82, 2.24) is 10.2 Å². The number of nitrogens with one attached hydrogen (secondary N) is 1. The number of amides is 2. The Morgan fingerprint density at radius 1 is 1.38 bits per heavy atom. The first-order chi connectivity index (χ1) is 10.1. The van der Waals surface area contributed by atoms with E-state index in [1.807, 2.05) is 30.0 Å². The van der Waals surface area contributed by atoms with Crippen molar-refractivity contribution in [3.8, 4) is 0 Å². The summed E-state index contributed by atoms with van der Waals surface area (Å²) in [6.07, 6.45) is 0. The molecule has 1 fully saturated rings. The molecule has 21 heavy (non-hydrogen) atoms. The molecule has 0 saturated carbocycles. The molecule has 5 heteroatoms. The fourth-order valence-corrected chi connectivity index (χ4v) is 3.04. The molecule has 4 nitrogen and oxygen atoms in total. The molecule has 0 atom stereocenters. The number of rotatable bonds is 7. The summed E-state index contributed by atoms with van der Waals surface area (Å²) in [5, 5.41) is 3.02. The molecule has 1 aromatic rings. The zero-order chi connectivity index (χ0) is 15.1. The van der Waals surface area contributed by atoms with Crippen molar-refractivity contribution in [2.75, 3.05) is 38.6 Å². The van der Waals surface area contributed by atoms with Crippen LogP contribution in [-0.2, 0) is 4.74 Å². The molecular formula is C16H24N2O2S. The van der Waals surface area contributed by atoms with Gasteiger partial charge in [-0.25, -0.2) is 4.79 Å². The topological polar surface area (TPSA) is 41.6 Å². The number of hydrogen-bond acceptors (Lipinski definition) is 3. The zero-order valence-corrected chi connectivity index (χ0v) is 13.6. The predicted molar refractivity (Wildman–Crippen MR) is 86.7 cm³/mol. The Morgan fingerprint density at radius 2 is 2.10 bits per heavy atom. The van der Waals surface area contributed by atoms with Crippen LogP contribution >= 0.6 is 11.8 Å². The van der Waals surface area contributed by atoms with Crippen LogP contribution in [0.15, 0.2) is 35.2 Å². The van der Waals surface area contributed by atoms with Crippen molar-refractivity contribution in [3.05, 3.63) is 30.3 Å². The summed E-state index contributed by atoms with van der Waals surface area (Å²) in [6.45, 7) is 7.81. The quantitative estimate of drug-likeness (QED) is 0.788. The normalized spacial score (nSPS) is 16.1. The van der Waals surface area contributed by atoms with Crippen LogP contribution in [0.5, 0.6) is 0 Å². The molecule has 1 N–H and O–H groups in total. The molecule has 0 aliphatic carbocycles. The minimum absolute atomic E-state index is 0.0271. The third kappa shape index (κ3) is 4.93. The first-order valence-corrected chi connectivity index (χ1v) is 8.40. The Hall–Kier alpha value is -1.20. The first kappa shape index (κ1) is 16.2. The highest BCUT2D eigenvalue weighted by Crippen LogP contribution is 2.25. The van der Waals surface area contributed by atoms with Gasteiger partial charge in [-0.3, -0.25) is 0 Å². The Balaban J connectivity index is 1.70. The van der Waals surface area contributed by atoms with Gasteiger partial charge in [-0.1, -0.05) is 25.1 Å². The highest BCUT2D eigenvalue weighted by Gasteiger charge is 2.33. The number of carbonyl (C=O) groups excluding carboxylic acids is 1. The molecule has 1 aromatic carbocycles. The van der Waals surface area contributed by atoms with Crippen molar-refractivity contribution in [3.63, 3.8) is 0 Å². The Labute approximate surface area is 131 Å². The maximum atomic E-state index is 12.2. The van der Waals surface area contributed by atoms with Crippen LogP contribution in [0.25, 0.3) is 0 Å². The fourth-order valence-electron chi connectivity index (χ4n) is 2.15. The SMILES string of the molecule is CCN(CCSc1ccccc1)C(=O)NCC1(C)COC1. The second-order valence-corrected chi connectivity index (χ2v) is 6.87. The molecule has 0 unspecified atom stereocenters. The van der Waals surface area contributed by atoms with E-state index in [1.54, 1.807) is 11.8 Å². The van der Waals surface area contributed by atoms with Crippen molar-refractivity contribution in [2.45, 2.75) is 18.7 Å². The summed E-state index contributed by atoms with van der Waals surface area (Å²) >= 11 is 1.78. The minimum Gasteiger partial charge on any atom is -0.380 e. The lowest BCUT2D eigenvalue weighted by Crippen LogP contribution is -2.51. The van der Waals surface area contributed by atoms with E-state index in [-0.39, 0.29) is 11.4 Å². The van der Waals surface area contributed by atoms with Crippen LogP contribution in [0.4, 0.5) is 4.79 Å². The fraction of sp³-hybridized carbons (Fsp3) is 0.562. The Morgan fingerprint density at radius 3 is 2.67 bits per heavy atom. The summed E-state index contributed by atoms with van der Waals surface area (Å²) in [5.74, 6) is 0.908. The van der Waals surface area contributed by atoms with Gasteiger partial charge in [0.2, 0.25) is 0 Å². The lowest BCUT2D eigenvalue weighted by Gasteiger charge is -2.38. The molecule has 1 aliphatic heterocycles. The van der Waals surface area contributed by atoms with Crippen LogP contribution in [0.3, 0.4) is 0 Å². The van der Waals surface area contributed by atoms with Crippen LogP contribution in [0.1, 0.15) is 13.8 Å². The second kappa shape index (κ2) is 7.71. The zero-order valence-electron chi connectivity index (χ0n) is 12.8. The third-order valence-electron chi connectivity index (χ3n) is 3.61. The molecule has 2 amide bonds. The minimum atomic E-state index is 0.0271. The summed E-state index contributed by atoms with van der Waals surface area (Å²) in [7, 11) is 0. The maximum Gasteiger partial charge on any atom is 0.317 e. The van der Waals surface area contributed by atoms with Gasteiger partial charge in [0.05, 0.1) is 13.2 Å².